The summed E-state index contributed by atoms with van der Waals surface area (Å²) in [5, 5.41) is 6.27. The van der Waals surface area contributed by atoms with Crippen LogP contribution in [0.15, 0.2) is 121 Å². The van der Waals surface area contributed by atoms with Gasteiger partial charge >= 0.3 is 203 Å². The Labute approximate surface area is 202 Å². The zero-order valence-corrected chi connectivity index (χ0v) is 20.3. The van der Waals surface area contributed by atoms with Gasteiger partial charge in [-0.1, -0.05) is 0 Å². The minimum absolute atomic E-state index is 0.251. The van der Waals surface area contributed by atoms with Crippen molar-refractivity contribution in [3.8, 4) is 10.6 Å². The average molecular weight is 490 g/mol. The van der Waals surface area contributed by atoms with Crippen molar-refractivity contribution in [1.82, 2.24) is 4.98 Å². The Hall–Kier alpha value is -2.84. The van der Waals surface area contributed by atoms with Crippen LogP contribution in [0.3, 0.4) is 0 Å². The molecule has 0 fully saturated rings. The van der Waals surface area contributed by atoms with Crippen LogP contribution in [0, 0.1) is 5.82 Å². The summed E-state index contributed by atoms with van der Waals surface area (Å²) in [5.41, 5.74) is 1.84. The molecule has 0 spiro atoms. The SMILES string of the molecule is Fc1ccc(-c2nc(CP(Cl)(c3ccccc3)(c3ccccc3)c3ccccc3)cs2)cc1. The van der Waals surface area contributed by atoms with E-state index in [-0.39, 0.29) is 5.82 Å². The summed E-state index contributed by atoms with van der Waals surface area (Å²) in [5.74, 6) is -3.68. The van der Waals surface area contributed by atoms with Gasteiger partial charge in [-0.15, -0.1) is 0 Å². The van der Waals surface area contributed by atoms with E-state index in [1.165, 1.54) is 12.1 Å². The van der Waals surface area contributed by atoms with Gasteiger partial charge in [0.15, 0.2) is 0 Å². The molecule has 5 rings (SSSR count). The third kappa shape index (κ3) is 3.91. The van der Waals surface area contributed by atoms with Crippen LogP contribution in [0.4, 0.5) is 4.39 Å². The fourth-order valence-corrected chi connectivity index (χ4v) is 11.3. The Morgan fingerprint density at radius 1 is 0.667 bits per heavy atom. The van der Waals surface area contributed by atoms with E-state index in [4.69, 9.17) is 16.2 Å². The van der Waals surface area contributed by atoms with Gasteiger partial charge in [-0.05, 0) is 0 Å². The number of rotatable bonds is 6. The molecule has 0 atom stereocenters. The molecule has 0 amide bonds. The number of nitrogens with zero attached hydrogens (tertiary/aromatic N) is 1. The normalized spacial score (nSPS) is 12.7. The van der Waals surface area contributed by atoms with Gasteiger partial charge in [0.05, 0.1) is 0 Å². The van der Waals surface area contributed by atoms with E-state index >= 15 is 0 Å². The third-order valence-corrected chi connectivity index (χ3v) is 14.1. The molecular weight excluding hydrogens is 468 g/mol. The van der Waals surface area contributed by atoms with Crippen molar-refractivity contribution in [3.63, 3.8) is 0 Å². The van der Waals surface area contributed by atoms with Gasteiger partial charge in [0.1, 0.15) is 0 Å². The zero-order chi connectivity index (χ0) is 22.8. The van der Waals surface area contributed by atoms with E-state index in [1.807, 2.05) is 18.2 Å². The molecule has 5 aromatic rings. The second kappa shape index (κ2) is 8.83. The third-order valence-electron chi connectivity index (χ3n) is 5.99. The fourth-order valence-electron chi connectivity index (χ4n) is 4.35. The van der Waals surface area contributed by atoms with E-state index in [2.05, 4.69) is 78.2 Å². The molecule has 164 valence electrons. The molecule has 0 saturated heterocycles. The molecule has 33 heavy (non-hydrogen) atoms. The van der Waals surface area contributed by atoms with Gasteiger partial charge in [0.2, 0.25) is 0 Å². The number of halogens is 2. The fraction of sp³-hybridized carbons (Fsp3) is 0.0357. The van der Waals surface area contributed by atoms with E-state index in [0.29, 0.717) is 6.16 Å². The predicted molar refractivity (Wildman–Crippen MR) is 142 cm³/mol. The Kier molecular flexibility index (Phi) is 5.88. The van der Waals surface area contributed by atoms with Gasteiger partial charge in [0.25, 0.3) is 0 Å². The summed E-state index contributed by atoms with van der Waals surface area (Å²) in [4.78, 5) is 4.96. The Morgan fingerprint density at radius 2 is 1.12 bits per heavy atom. The molecule has 0 unspecified atom stereocenters. The van der Waals surface area contributed by atoms with Crippen LogP contribution in [0.1, 0.15) is 5.69 Å². The van der Waals surface area contributed by atoms with Crippen molar-refractivity contribution < 1.29 is 4.39 Å². The first-order valence-electron chi connectivity index (χ1n) is 10.7. The molecule has 0 aliphatic heterocycles. The molecular formula is C28H22ClFNPS. The molecule has 1 aromatic heterocycles. The first-order valence-corrected chi connectivity index (χ1v) is 14.9. The number of benzene rings is 4. The van der Waals surface area contributed by atoms with Crippen molar-refractivity contribution >= 4 is 44.4 Å². The summed E-state index contributed by atoms with van der Waals surface area (Å²) in [6, 6.07) is 37.7. The molecule has 0 saturated carbocycles. The molecule has 1 nitrogen and oxygen atoms in total. The molecule has 5 heteroatoms. The maximum absolute atomic E-state index is 13.4. The molecule has 0 radical (unpaired) electrons. The Morgan fingerprint density at radius 3 is 1.58 bits per heavy atom. The van der Waals surface area contributed by atoms with E-state index in [9.17, 15) is 4.39 Å². The summed E-state index contributed by atoms with van der Waals surface area (Å²) in [7, 11) is 0. The second-order valence-electron chi connectivity index (χ2n) is 8.00. The maximum atomic E-state index is 13.4. The van der Waals surface area contributed by atoms with E-state index < -0.39 is 5.96 Å². The van der Waals surface area contributed by atoms with Crippen molar-refractivity contribution in [2.75, 3.05) is 0 Å². The van der Waals surface area contributed by atoms with Crippen LogP contribution in [0.25, 0.3) is 10.6 Å². The minimum atomic E-state index is -3.42. The average Bonchev–Trinajstić information content (AvgIpc) is 3.34. The number of hydrogen-bond donors (Lipinski definition) is 0. The van der Waals surface area contributed by atoms with Gasteiger partial charge < -0.3 is 0 Å². The number of hydrogen-bond acceptors (Lipinski definition) is 2. The number of aromatic nitrogens is 1. The second-order valence-corrected chi connectivity index (χ2v) is 15.3. The first-order chi connectivity index (χ1) is 16.1. The topological polar surface area (TPSA) is 12.9 Å². The summed E-state index contributed by atoms with van der Waals surface area (Å²) in [6.07, 6.45) is 0.586. The molecule has 1 heterocycles. The molecule has 0 bridgehead atoms. The van der Waals surface area contributed by atoms with E-state index in [0.717, 1.165) is 32.2 Å². The molecule has 0 aliphatic rings. The predicted octanol–water partition coefficient (Wildman–Crippen LogP) is 7.13. The van der Waals surface area contributed by atoms with Crippen LogP contribution in [-0.2, 0) is 6.16 Å². The van der Waals surface area contributed by atoms with E-state index in [1.54, 1.807) is 23.5 Å². The van der Waals surface area contributed by atoms with Gasteiger partial charge in [0, 0.05) is 0 Å². The van der Waals surface area contributed by atoms with Crippen LogP contribution < -0.4 is 15.9 Å². The number of thiazole rings is 1. The summed E-state index contributed by atoms with van der Waals surface area (Å²) < 4.78 is 13.4. The monoisotopic (exact) mass is 489 g/mol. The van der Waals surface area contributed by atoms with Crippen molar-refractivity contribution in [2.24, 2.45) is 0 Å². The van der Waals surface area contributed by atoms with Gasteiger partial charge in [-0.3, -0.25) is 0 Å². The molecule has 0 N–H and O–H groups in total. The van der Waals surface area contributed by atoms with Gasteiger partial charge in [-0.25, -0.2) is 0 Å². The Balaban J connectivity index is 1.72. The molecule has 4 aromatic carbocycles. The zero-order valence-electron chi connectivity index (χ0n) is 17.8. The van der Waals surface area contributed by atoms with Crippen LogP contribution in [0.2, 0.25) is 0 Å². The van der Waals surface area contributed by atoms with Crippen molar-refractivity contribution in [2.45, 2.75) is 6.16 Å². The van der Waals surface area contributed by atoms with Crippen molar-refractivity contribution in [1.29, 1.82) is 0 Å². The quantitative estimate of drug-likeness (QED) is 0.231. The van der Waals surface area contributed by atoms with Crippen molar-refractivity contribution in [3.05, 3.63) is 132 Å². The van der Waals surface area contributed by atoms with Crippen LogP contribution >= 0.6 is 28.5 Å². The first kappa shape index (κ1) is 22.0. The van der Waals surface area contributed by atoms with Crippen LogP contribution in [0.5, 0.6) is 0 Å². The molecule has 0 aliphatic carbocycles. The van der Waals surface area contributed by atoms with Crippen LogP contribution in [-0.4, -0.2) is 4.98 Å². The summed E-state index contributed by atoms with van der Waals surface area (Å²) >= 11 is 9.69. The standard InChI is InChI=1S/C28H22ClFNPS/c29-32(25-10-4-1-5-11-25,26-12-6-2-7-13-26,27-14-8-3-9-15-27)20-24-21-33-28(31-24)22-16-18-23(30)19-17-22/h1-19,21H,20H2. The van der Waals surface area contributed by atoms with Gasteiger partial charge in [-0.2, -0.15) is 0 Å². The summed E-state index contributed by atoms with van der Waals surface area (Å²) in [6.45, 7) is 0. The Bertz CT molecular complexity index is 1260.